The minimum Gasteiger partial charge on any atom is -0.412 e. The first-order valence-electron chi connectivity index (χ1n) is 2.98. The molecule has 0 saturated heterocycles. The lowest BCUT2D eigenvalue weighted by Gasteiger charge is -1.95. The minimum absolute atomic E-state index is 0. The third-order valence-electron chi connectivity index (χ3n) is 1.30. The Morgan fingerprint density at radius 2 is 1.67 bits per heavy atom. The molecule has 0 heterocycles. The molecule has 1 aromatic carbocycles. The molecule has 0 bridgehead atoms. The van der Waals surface area contributed by atoms with Gasteiger partial charge in [-0.2, -0.15) is 0 Å². The molecule has 0 aliphatic heterocycles. The average Bonchev–Trinajstić information content (AvgIpc) is 2.04. The molecule has 0 saturated carbocycles. The van der Waals surface area contributed by atoms with Crippen LogP contribution in [0.4, 0.5) is 0 Å². The second-order valence-electron chi connectivity index (χ2n) is 2.01. The first-order chi connectivity index (χ1) is 5.27. The number of hydrogen-bond donors (Lipinski definition) is 0. The first-order valence-corrected chi connectivity index (χ1v) is 3.35. The van der Waals surface area contributed by atoms with Gasteiger partial charge in [-0.1, -0.05) is 11.6 Å². The number of carbonyl (C=O) groups is 2. The van der Waals surface area contributed by atoms with Gasteiger partial charge >= 0.3 is 0 Å². The lowest BCUT2D eigenvalue weighted by Crippen LogP contribution is -1.89. The van der Waals surface area contributed by atoms with Crippen LogP contribution < -0.4 is 0 Å². The fourth-order valence-electron chi connectivity index (χ4n) is 0.755. The predicted octanol–water partition coefficient (Wildman–Crippen LogP) is 1.14. The van der Waals surface area contributed by atoms with Crippen LogP contribution in [0.2, 0.25) is 5.02 Å². The van der Waals surface area contributed by atoms with E-state index in [4.69, 9.17) is 11.6 Å². The zero-order chi connectivity index (χ0) is 8.27. The summed E-state index contributed by atoms with van der Waals surface area (Å²) >= 11 is 5.58. The maximum atomic E-state index is 10.3. The van der Waals surface area contributed by atoms with Crippen molar-refractivity contribution in [2.45, 2.75) is 0 Å². The summed E-state index contributed by atoms with van der Waals surface area (Å²) in [5, 5.41) is 0.456. The van der Waals surface area contributed by atoms with Crippen molar-refractivity contribution in [2.24, 2.45) is 0 Å². The molecule has 0 aliphatic carbocycles. The molecule has 2 N–H and O–H groups in total. The maximum absolute atomic E-state index is 10.3. The molecular formula is C8H7ClO3. The van der Waals surface area contributed by atoms with E-state index >= 15 is 0 Å². The Hall–Kier alpha value is -1.19. The fourth-order valence-corrected chi connectivity index (χ4v) is 0.936. The summed E-state index contributed by atoms with van der Waals surface area (Å²) in [6.07, 6.45) is 1.23. The number of halogens is 1. The monoisotopic (exact) mass is 186 g/mol. The van der Waals surface area contributed by atoms with Crippen LogP contribution >= 0.6 is 11.6 Å². The molecule has 0 unspecified atom stereocenters. The molecule has 0 aromatic heterocycles. The predicted molar refractivity (Wildman–Crippen MR) is 45.8 cm³/mol. The van der Waals surface area contributed by atoms with Crippen molar-refractivity contribution in [1.29, 1.82) is 0 Å². The van der Waals surface area contributed by atoms with Gasteiger partial charge in [0.05, 0.1) is 0 Å². The van der Waals surface area contributed by atoms with Gasteiger partial charge in [0.2, 0.25) is 0 Å². The second kappa shape index (κ2) is 4.64. The Kier molecular flexibility index (Phi) is 4.18. The van der Waals surface area contributed by atoms with Crippen LogP contribution in [0.25, 0.3) is 0 Å². The summed E-state index contributed by atoms with van der Waals surface area (Å²) in [7, 11) is 0. The van der Waals surface area contributed by atoms with Gasteiger partial charge in [0.25, 0.3) is 0 Å². The summed E-state index contributed by atoms with van der Waals surface area (Å²) in [5.41, 5.74) is 0.692. The van der Waals surface area contributed by atoms with E-state index in [9.17, 15) is 9.59 Å². The van der Waals surface area contributed by atoms with E-state index in [-0.39, 0.29) is 5.48 Å². The van der Waals surface area contributed by atoms with Gasteiger partial charge in [0.15, 0.2) is 12.6 Å². The van der Waals surface area contributed by atoms with Crippen LogP contribution in [0, 0.1) is 0 Å². The SMILES string of the molecule is O.O=Cc1ccc(Cl)cc1C=O. The van der Waals surface area contributed by atoms with Crippen molar-refractivity contribution >= 4 is 24.2 Å². The van der Waals surface area contributed by atoms with Crippen LogP contribution in [0.3, 0.4) is 0 Å². The van der Waals surface area contributed by atoms with E-state index in [0.29, 0.717) is 28.7 Å². The normalized spacial score (nSPS) is 8.42. The number of aldehydes is 2. The summed E-state index contributed by atoms with van der Waals surface area (Å²) in [4.78, 5) is 20.6. The number of rotatable bonds is 2. The third-order valence-corrected chi connectivity index (χ3v) is 1.54. The quantitative estimate of drug-likeness (QED) is 0.650. The van der Waals surface area contributed by atoms with Crippen LogP contribution in [-0.2, 0) is 0 Å². The highest BCUT2D eigenvalue weighted by atomic mass is 35.5. The van der Waals surface area contributed by atoms with Gasteiger partial charge in [-0.05, 0) is 18.2 Å². The highest BCUT2D eigenvalue weighted by Crippen LogP contribution is 2.12. The molecule has 0 amide bonds. The van der Waals surface area contributed by atoms with Gasteiger partial charge in [-0.25, -0.2) is 0 Å². The Balaban J connectivity index is 0.00000121. The lowest BCUT2D eigenvalue weighted by atomic mass is 10.1. The molecule has 0 fully saturated rings. The minimum atomic E-state index is 0. The largest absolute Gasteiger partial charge is 0.412 e. The summed E-state index contributed by atoms with van der Waals surface area (Å²) in [6.45, 7) is 0. The van der Waals surface area contributed by atoms with E-state index < -0.39 is 0 Å². The number of benzene rings is 1. The van der Waals surface area contributed by atoms with Gasteiger partial charge in [0, 0.05) is 16.1 Å². The molecule has 64 valence electrons. The Morgan fingerprint density at radius 3 is 2.17 bits per heavy atom. The topological polar surface area (TPSA) is 65.6 Å². The summed E-state index contributed by atoms with van der Waals surface area (Å²) in [6, 6.07) is 4.54. The Morgan fingerprint density at radius 1 is 1.08 bits per heavy atom. The van der Waals surface area contributed by atoms with Crippen LogP contribution in [-0.4, -0.2) is 18.0 Å². The molecule has 0 radical (unpaired) electrons. The van der Waals surface area contributed by atoms with Crippen molar-refractivity contribution in [2.75, 3.05) is 0 Å². The first kappa shape index (κ1) is 10.8. The third kappa shape index (κ3) is 2.15. The zero-order valence-electron chi connectivity index (χ0n) is 6.08. The van der Waals surface area contributed by atoms with Gasteiger partial charge in [-0.3, -0.25) is 9.59 Å². The molecule has 4 heteroatoms. The van der Waals surface area contributed by atoms with Crippen molar-refractivity contribution in [1.82, 2.24) is 0 Å². The van der Waals surface area contributed by atoms with E-state index in [1.165, 1.54) is 12.1 Å². The summed E-state index contributed by atoms with van der Waals surface area (Å²) < 4.78 is 0. The molecular weight excluding hydrogens is 180 g/mol. The van der Waals surface area contributed by atoms with Crippen molar-refractivity contribution < 1.29 is 15.1 Å². The Labute approximate surface area is 74.3 Å². The number of carbonyl (C=O) groups excluding carboxylic acids is 2. The van der Waals surface area contributed by atoms with Crippen LogP contribution in [0.15, 0.2) is 18.2 Å². The van der Waals surface area contributed by atoms with Gasteiger partial charge in [0.1, 0.15) is 0 Å². The molecule has 3 nitrogen and oxygen atoms in total. The van der Waals surface area contributed by atoms with Gasteiger partial charge in [-0.15, -0.1) is 0 Å². The molecule has 0 spiro atoms. The van der Waals surface area contributed by atoms with E-state index in [1.54, 1.807) is 6.07 Å². The van der Waals surface area contributed by atoms with Crippen LogP contribution in [0.5, 0.6) is 0 Å². The zero-order valence-corrected chi connectivity index (χ0v) is 6.84. The lowest BCUT2D eigenvalue weighted by molar-refractivity contribution is 0.109. The van der Waals surface area contributed by atoms with E-state index in [1.807, 2.05) is 0 Å². The molecule has 12 heavy (non-hydrogen) atoms. The fraction of sp³-hybridized carbons (Fsp3) is 0. The van der Waals surface area contributed by atoms with Gasteiger partial charge < -0.3 is 5.48 Å². The second-order valence-corrected chi connectivity index (χ2v) is 2.45. The molecule has 1 aromatic rings. The molecule has 1 rings (SSSR count). The van der Waals surface area contributed by atoms with E-state index in [0.717, 1.165) is 0 Å². The van der Waals surface area contributed by atoms with Crippen molar-refractivity contribution in [3.8, 4) is 0 Å². The molecule has 0 atom stereocenters. The maximum Gasteiger partial charge on any atom is 0.150 e. The Bertz CT molecular complexity index is 296. The van der Waals surface area contributed by atoms with E-state index in [2.05, 4.69) is 0 Å². The average molecular weight is 187 g/mol. The number of hydrogen-bond acceptors (Lipinski definition) is 2. The molecule has 0 aliphatic rings. The van der Waals surface area contributed by atoms with Crippen LogP contribution in [0.1, 0.15) is 20.7 Å². The van der Waals surface area contributed by atoms with Crippen molar-refractivity contribution in [3.05, 3.63) is 34.3 Å². The highest BCUT2D eigenvalue weighted by molar-refractivity contribution is 6.31. The summed E-state index contributed by atoms with van der Waals surface area (Å²) in [5.74, 6) is 0. The standard InChI is InChI=1S/C8H5ClO2.H2O/c9-8-2-1-6(4-10)7(3-8)5-11;/h1-5H;1H2. The smallest absolute Gasteiger partial charge is 0.150 e. The van der Waals surface area contributed by atoms with Crippen molar-refractivity contribution in [3.63, 3.8) is 0 Å². The highest BCUT2D eigenvalue weighted by Gasteiger charge is 1.99.